The molecule has 1 fully saturated rings. The van der Waals surface area contributed by atoms with E-state index in [4.69, 9.17) is 5.73 Å². The first-order valence-electron chi connectivity index (χ1n) is 10.1. The van der Waals surface area contributed by atoms with E-state index in [0.717, 1.165) is 30.6 Å². The topological polar surface area (TPSA) is 107 Å². The summed E-state index contributed by atoms with van der Waals surface area (Å²) < 4.78 is 28.2. The highest BCUT2D eigenvalue weighted by molar-refractivity contribution is 7.90. The van der Waals surface area contributed by atoms with Crippen molar-refractivity contribution in [3.8, 4) is 11.3 Å². The van der Waals surface area contributed by atoms with Gasteiger partial charge >= 0.3 is 0 Å². The average molecular weight is 435 g/mol. The third-order valence-electron chi connectivity index (χ3n) is 5.76. The van der Waals surface area contributed by atoms with Gasteiger partial charge in [-0.05, 0) is 36.6 Å². The van der Waals surface area contributed by atoms with Gasteiger partial charge in [-0.1, -0.05) is 25.1 Å². The van der Waals surface area contributed by atoms with Crippen LogP contribution in [0.15, 0.2) is 66.0 Å². The van der Waals surface area contributed by atoms with Gasteiger partial charge in [0.05, 0.1) is 21.7 Å². The number of nitrogens with two attached hydrogens (primary N) is 1. The number of aromatic nitrogens is 4. The van der Waals surface area contributed by atoms with Gasteiger partial charge in [0.15, 0.2) is 5.65 Å². The van der Waals surface area contributed by atoms with Crippen molar-refractivity contribution in [2.75, 3.05) is 23.7 Å². The fourth-order valence-electron chi connectivity index (χ4n) is 4.00. The van der Waals surface area contributed by atoms with Crippen molar-refractivity contribution >= 4 is 32.7 Å². The molecule has 0 spiro atoms. The second-order valence-corrected chi connectivity index (χ2v) is 9.48. The summed E-state index contributed by atoms with van der Waals surface area (Å²) >= 11 is 0. The van der Waals surface area contributed by atoms with Crippen LogP contribution in [0.1, 0.15) is 13.3 Å². The monoisotopic (exact) mass is 434 g/mol. The molecule has 9 heteroatoms. The molecule has 8 nitrogen and oxygen atoms in total. The maximum Gasteiger partial charge on any atom is 0.269 e. The lowest BCUT2D eigenvalue weighted by atomic mass is 9.95. The molecule has 0 saturated carbocycles. The van der Waals surface area contributed by atoms with Crippen LogP contribution >= 0.6 is 0 Å². The zero-order valence-corrected chi connectivity index (χ0v) is 17.8. The number of benzene rings is 1. The second kappa shape index (κ2) is 7.35. The highest BCUT2D eigenvalue weighted by Gasteiger charge is 2.30. The summed E-state index contributed by atoms with van der Waals surface area (Å²) in [6.07, 6.45) is 5.93. The fourth-order valence-corrected chi connectivity index (χ4v) is 5.34. The summed E-state index contributed by atoms with van der Waals surface area (Å²) in [7, 11) is -3.85. The normalized spacial score (nSPS) is 14.7. The van der Waals surface area contributed by atoms with Crippen LogP contribution in [-0.2, 0) is 10.0 Å². The molecule has 0 aliphatic carbocycles. The predicted octanol–water partition coefficient (Wildman–Crippen LogP) is 3.16. The van der Waals surface area contributed by atoms with Gasteiger partial charge < -0.3 is 10.6 Å². The number of hydrogen-bond acceptors (Lipinski definition) is 7. The Labute approximate surface area is 180 Å². The molecular formula is C22H22N6O2S. The summed E-state index contributed by atoms with van der Waals surface area (Å²) in [6.45, 7) is 4.04. The largest absolute Gasteiger partial charge is 0.370 e. The Bertz CT molecular complexity index is 1360. The van der Waals surface area contributed by atoms with Crippen LogP contribution in [-0.4, -0.2) is 40.4 Å². The van der Waals surface area contributed by atoms with E-state index in [9.17, 15) is 8.42 Å². The highest BCUT2D eigenvalue weighted by atomic mass is 32.2. The lowest BCUT2D eigenvalue weighted by Gasteiger charge is -2.41. The molecule has 4 aromatic rings. The quantitative estimate of drug-likeness (QED) is 0.514. The zero-order valence-electron chi connectivity index (χ0n) is 17.0. The minimum atomic E-state index is -3.85. The van der Waals surface area contributed by atoms with E-state index in [1.165, 1.54) is 3.97 Å². The SMILES string of the molecule is CCC1CN(c2ccnc3c2c(-c2ccnc(N)n2)cn3S(=O)(=O)c2ccccc2)C1. The van der Waals surface area contributed by atoms with Crippen molar-refractivity contribution in [1.29, 1.82) is 0 Å². The third-order valence-corrected chi connectivity index (χ3v) is 7.42. The first-order chi connectivity index (χ1) is 15.0. The van der Waals surface area contributed by atoms with Crippen LogP contribution in [0.4, 0.5) is 11.6 Å². The number of pyridine rings is 1. The molecule has 2 N–H and O–H groups in total. The Morgan fingerprint density at radius 3 is 2.52 bits per heavy atom. The molecule has 4 heterocycles. The van der Waals surface area contributed by atoms with E-state index in [2.05, 4.69) is 26.8 Å². The molecule has 31 heavy (non-hydrogen) atoms. The van der Waals surface area contributed by atoms with Crippen molar-refractivity contribution in [3.05, 3.63) is 61.1 Å². The van der Waals surface area contributed by atoms with Gasteiger partial charge in [0, 0.05) is 37.2 Å². The number of anilines is 2. The maximum atomic E-state index is 13.5. The molecular weight excluding hydrogens is 412 g/mol. The van der Waals surface area contributed by atoms with Crippen LogP contribution in [0.3, 0.4) is 0 Å². The maximum absolute atomic E-state index is 13.5. The van der Waals surface area contributed by atoms with Crippen molar-refractivity contribution in [2.45, 2.75) is 18.2 Å². The van der Waals surface area contributed by atoms with E-state index >= 15 is 0 Å². The molecule has 0 bridgehead atoms. The first-order valence-corrected chi connectivity index (χ1v) is 11.6. The van der Waals surface area contributed by atoms with E-state index in [1.807, 2.05) is 6.07 Å². The Morgan fingerprint density at radius 1 is 1.06 bits per heavy atom. The Morgan fingerprint density at radius 2 is 1.81 bits per heavy atom. The minimum Gasteiger partial charge on any atom is -0.370 e. The van der Waals surface area contributed by atoms with Gasteiger partial charge in [0.1, 0.15) is 0 Å². The van der Waals surface area contributed by atoms with Crippen molar-refractivity contribution in [2.24, 2.45) is 5.92 Å². The van der Waals surface area contributed by atoms with E-state index in [1.54, 1.807) is 55.0 Å². The summed E-state index contributed by atoms with van der Waals surface area (Å²) in [6, 6.07) is 12.0. The molecule has 0 radical (unpaired) electrons. The Balaban J connectivity index is 1.77. The van der Waals surface area contributed by atoms with Gasteiger partial charge in [-0.2, -0.15) is 0 Å². The molecule has 158 valence electrons. The third kappa shape index (κ3) is 3.21. The van der Waals surface area contributed by atoms with Crippen LogP contribution < -0.4 is 10.6 Å². The van der Waals surface area contributed by atoms with Gasteiger partial charge in [-0.15, -0.1) is 0 Å². The summed E-state index contributed by atoms with van der Waals surface area (Å²) in [5.41, 5.74) is 8.35. The average Bonchev–Trinajstić information content (AvgIpc) is 3.15. The van der Waals surface area contributed by atoms with Gasteiger partial charge in [-0.3, -0.25) is 0 Å². The van der Waals surface area contributed by atoms with E-state index in [0.29, 0.717) is 22.8 Å². The molecule has 1 aliphatic rings. The van der Waals surface area contributed by atoms with Gasteiger partial charge in [0.2, 0.25) is 5.95 Å². The minimum absolute atomic E-state index is 0.129. The summed E-state index contributed by atoms with van der Waals surface area (Å²) in [5.74, 6) is 0.765. The Kier molecular flexibility index (Phi) is 4.62. The number of fused-ring (bicyclic) bond motifs is 1. The second-order valence-electron chi connectivity index (χ2n) is 7.66. The molecule has 5 rings (SSSR count). The van der Waals surface area contributed by atoms with Gasteiger partial charge in [0.25, 0.3) is 10.0 Å². The Hall–Kier alpha value is -3.46. The fraction of sp³-hybridized carbons (Fsp3) is 0.227. The molecule has 1 aliphatic heterocycles. The zero-order chi connectivity index (χ0) is 21.6. The van der Waals surface area contributed by atoms with Crippen LogP contribution in [0.2, 0.25) is 0 Å². The lowest BCUT2D eigenvalue weighted by Crippen LogP contribution is -2.46. The molecule has 0 atom stereocenters. The predicted molar refractivity (Wildman–Crippen MR) is 120 cm³/mol. The number of nitrogen functional groups attached to an aromatic ring is 1. The summed E-state index contributed by atoms with van der Waals surface area (Å²) in [4.78, 5) is 15.2. The van der Waals surface area contributed by atoms with Crippen LogP contribution in [0.25, 0.3) is 22.3 Å². The number of nitrogens with zero attached hydrogens (tertiary/aromatic N) is 5. The molecule has 1 aromatic carbocycles. The lowest BCUT2D eigenvalue weighted by molar-refractivity contribution is 0.399. The van der Waals surface area contributed by atoms with E-state index < -0.39 is 10.0 Å². The van der Waals surface area contributed by atoms with E-state index in [-0.39, 0.29) is 10.8 Å². The first kappa shape index (κ1) is 19.5. The molecule has 3 aromatic heterocycles. The van der Waals surface area contributed by atoms with Gasteiger partial charge in [-0.25, -0.2) is 27.3 Å². The molecule has 0 unspecified atom stereocenters. The van der Waals surface area contributed by atoms with Crippen LogP contribution in [0.5, 0.6) is 0 Å². The highest BCUT2D eigenvalue weighted by Crippen LogP contribution is 2.39. The number of rotatable bonds is 5. The summed E-state index contributed by atoms with van der Waals surface area (Å²) in [5, 5.41) is 0.745. The van der Waals surface area contributed by atoms with Crippen molar-refractivity contribution in [3.63, 3.8) is 0 Å². The standard InChI is InChI=1S/C22H22N6O2S/c1-2-15-12-27(13-15)19-9-11-24-21-20(19)17(18-8-10-25-22(23)26-18)14-28(21)31(29,30)16-6-4-3-5-7-16/h3-11,14-15H,2,12-13H2,1H3,(H2,23,25,26). The van der Waals surface area contributed by atoms with Crippen molar-refractivity contribution < 1.29 is 8.42 Å². The molecule has 0 amide bonds. The molecule has 1 saturated heterocycles. The van der Waals surface area contributed by atoms with Crippen LogP contribution in [0, 0.1) is 5.92 Å². The smallest absolute Gasteiger partial charge is 0.269 e. The van der Waals surface area contributed by atoms with Crippen molar-refractivity contribution in [1.82, 2.24) is 18.9 Å². The number of hydrogen-bond donors (Lipinski definition) is 1.